The first kappa shape index (κ1) is 20.0. The molecule has 2 aromatic carbocycles. The zero-order chi connectivity index (χ0) is 21.1. The molecule has 3 N–H and O–H groups in total. The number of hydrogen-bond donors (Lipinski definition) is 2. The minimum Gasteiger partial charge on any atom is -0.457 e. The van der Waals surface area contributed by atoms with E-state index in [2.05, 4.69) is 10.3 Å². The molecule has 4 rings (SSSR count). The molecule has 7 heteroatoms. The molecule has 1 atom stereocenters. The first-order valence-electron chi connectivity index (χ1n) is 9.67. The van der Waals surface area contributed by atoms with Gasteiger partial charge >= 0.3 is 0 Å². The number of benzene rings is 2. The Labute approximate surface area is 172 Å². The van der Waals surface area contributed by atoms with Crippen LogP contribution in [0.2, 0.25) is 0 Å². The summed E-state index contributed by atoms with van der Waals surface area (Å²) in [5, 5.41) is 2.71. The van der Waals surface area contributed by atoms with Crippen LogP contribution in [-0.4, -0.2) is 29.9 Å². The van der Waals surface area contributed by atoms with Crippen LogP contribution in [0.3, 0.4) is 0 Å². The number of pyridine rings is 1. The molecule has 1 aliphatic heterocycles. The van der Waals surface area contributed by atoms with Crippen LogP contribution >= 0.6 is 0 Å². The number of amides is 1. The molecule has 2 heterocycles. The lowest BCUT2D eigenvalue weighted by atomic mass is 9.89. The van der Waals surface area contributed by atoms with E-state index < -0.39 is 24.3 Å². The SMILES string of the molecule is NC(=O)c1ccc(C2CCNCC2(F)F)nc1-c1ccc(Oc2ccccc2)cc1. The smallest absolute Gasteiger partial charge is 0.268 e. The average Bonchev–Trinajstić information content (AvgIpc) is 2.74. The van der Waals surface area contributed by atoms with Crippen LogP contribution in [0.1, 0.15) is 28.4 Å². The normalized spacial score (nSPS) is 18.0. The number of piperidine rings is 1. The Morgan fingerprint density at radius 2 is 1.73 bits per heavy atom. The lowest BCUT2D eigenvalue weighted by Crippen LogP contribution is -2.45. The van der Waals surface area contributed by atoms with Gasteiger partial charge in [0.15, 0.2) is 0 Å². The maximum atomic E-state index is 14.4. The highest BCUT2D eigenvalue weighted by Gasteiger charge is 2.43. The summed E-state index contributed by atoms with van der Waals surface area (Å²) in [4.78, 5) is 16.4. The molecular formula is C23H21F2N3O2. The Balaban J connectivity index is 1.67. The van der Waals surface area contributed by atoms with Crippen molar-refractivity contribution >= 4 is 5.91 Å². The Hall–Kier alpha value is -3.32. The zero-order valence-corrected chi connectivity index (χ0v) is 16.1. The van der Waals surface area contributed by atoms with E-state index in [1.165, 1.54) is 12.1 Å². The summed E-state index contributed by atoms with van der Waals surface area (Å²) in [6, 6.07) is 19.2. The fraction of sp³-hybridized carbons (Fsp3) is 0.217. The largest absolute Gasteiger partial charge is 0.457 e. The number of hydrogen-bond acceptors (Lipinski definition) is 4. The molecule has 1 saturated heterocycles. The van der Waals surface area contributed by atoms with Crippen molar-refractivity contribution in [1.82, 2.24) is 10.3 Å². The van der Waals surface area contributed by atoms with E-state index in [9.17, 15) is 13.6 Å². The van der Waals surface area contributed by atoms with Crippen molar-refractivity contribution in [2.75, 3.05) is 13.1 Å². The van der Waals surface area contributed by atoms with Crippen molar-refractivity contribution in [3.63, 3.8) is 0 Å². The van der Waals surface area contributed by atoms with Crippen molar-refractivity contribution in [3.05, 3.63) is 78.0 Å². The van der Waals surface area contributed by atoms with Crippen molar-refractivity contribution in [2.45, 2.75) is 18.3 Å². The standard InChI is InChI=1S/C23H21F2N3O2/c24-23(25)14-27-13-12-19(23)20-11-10-18(22(26)29)21(28-20)15-6-8-17(9-7-15)30-16-4-2-1-3-5-16/h1-11,19,27H,12-14H2,(H2,26,29). The van der Waals surface area contributed by atoms with Crippen LogP contribution < -0.4 is 15.8 Å². The number of alkyl halides is 2. The second-order valence-corrected chi connectivity index (χ2v) is 7.22. The van der Waals surface area contributed by atoms with Crippen LogP contribution in [0, 0.1) is 0 Å². The Morgan fingerprint density at radius 1 is 1.03 bits per heavy atom. The van der Waals surface area contributed by atoms with Crippen LogP contribution in [-0.2, 0) is 0 Å². The quantitative estimate of drug-likeness (QED) is 0.657. The van der Waals surface area contributed by atoms with Crippen LogP contribution in [0.25, 0.3) is 11.3 Å². The molecule has 1 fully saturated rings. The second kappa shape index (κ2) is 8.20. The van der Waals surface area contributed by atoms with E-state index >= 15 is 0 Å². The first-order valence-corrected chi connectivity index (χ1v) is 9.67. The lowest BCUT2D eigenvalue weighted by Gasteiger charge is -2.31. The number of nitrogens with one attached hydrogen (secondary N) is 1. The van der Waals surface area contributed by atoms with Gasteiger partial charge in [-0.15, -0.1) is 0 Å². The third-order valence-corrected chi connectivity index (χ3v) is 5.13. The predicted octanol–water partition coefficient (Wildman–Crippen LogP) is 4.35. The molecule has 30 heavy (non-hydrogen) atoms. The average molecular weight is 409 g/mol. The third kappa shape index (κ3) is 4.16. The molecule has 5 nitrogen and oxygen atoms in total. The topological polar surface area (TPSA) is 77.2 Å². The second-order valence-electron chi connectivity index (χ2n) is 7.22. The minimum absolute atomic E-state index is 0.188. The first-order chi connectivity index (χ1) is 14.4. The van der Waals surface area contributed by atoms with Crippen LogP contribution in [0.5, 0.6) is 11.5 Å². The predicted molar refractivity (Wildman–Crippen MR) is 110 cm³/mol. The van der Waals surface area contributed by atoms with Crippen LogP contribution in [0.15, 0.2) is 66.7 Å². The van der Waals surface area contributed by atoms with E-state index in [1.807, 2.05) is 30.3 Å². The molecule has 1 aliphatic rings. The molecule has 0 saturated carbocycles. The fourth-order valence-electron chi connectivity index (χ4n) is 3.59. The maximum absolute atomic E-state index is 14.4. The monoisotopic (exact) mass is 409 g/mol. The Morgan fingerprint density at radius 3 is 2.40 bits per heavy atom. The molecule has 3 aromatic rings. The van der Waals surface area contributed by atoms with Gasteiger partial charge in [0.25, 0.3) is 11.8 Å². The number of carbonyl (C=O) groups is 1. The summed E-state index contributed by atoms with van der Waals surface area (Å²) in [6.07, 6.45) is 0.263. The van der Waals surface area contributed by atoms with E-state index in [0.717, 1.165) is 0 Å². The number of nitrogens with zero attached hydrogens (tertiary/aromatic N) is 1. The van der Waals surface area contributed by atoms with Crippen molar-refractivity contribution in [1.29, 1.82) is 0 Å². The number of carbonyl (C=O) groups excluding carboxylic acids is 1. The highest BCUT2D eigenvalue weighted by Crippen LogP contribution is 2.38. The molecule has 154 valence electrons. The summed E-state index contributed by atoms with van der Waals surface area (Å²) in [5.74, 6) is -3.29. The molecule has 1 unspecified atom stereocenters. The molecular weight excluding hydrogens is 388 g/mol. The van der Waals surface area contributed by atoms with Gasteiger partial charge in [-0.3, -0.25) is 9.78 Å². The summed E-state index contributed by atoms with van der Waals surface area (Å²) in [7, 11) is 0. The van der Waals surface area contributed by atoms with Crippen molar-refractivity contribution in [2.24, 2.45) is 5.73 Å². The minimum atomic E-state index is -2.91. The molecule has 0 spiro atoms. The van der Waals surface area contributed by atoms with E-state index in [1.54, 1.807) is 24.3 Å². The van der Waals surface area contributed by atoms with Gasteiger partial charge in [-0.05, 0) is 61.5 Å². The third-order valence-electron chi connectivity index (χ3n) is 5.13. The van der Waals surface area contributed by atoms with Gasteiger partial charge < -0.3 is 15.8 Å². The van der Waals surface area contributed by atoms with Gasteiger partial charge in [0.05, 0.1) is 29.4 Å². The summed E-state index contributed by atoms with van der Waals surface area (Å²) in [6.45, 7) is 0.0954. The fourth-order valence-corrected chi connectivity index (χ4v) is 3.59. The molecule has 0 radical (unpaired) electrons. The summed E-state index contributed by atoms with van der Waals surface area (Å²) in [5.41, 5.74) is 6.84. The van der Waals surface area contributed by atoms with E-state index in [0.29, 0.717) is 29.3 Å². The van der Waals surface area contributed by atoms with Gasteiger partial charge in [-0.2, -0.15) is 0 Å². The molecule has 0 aliphatic carbocycles. The number of rotatable bonds is 5. The highest BCUT2D eigenvalue weighted by atomic mass is 19.3. The Kier molecular flexibility index (Phi) is 5.46. The number of para-hydroxylation sites is 1. The van der Waals surface area contributed by atoms with Crippen molar-refractivity contribution < 1.29 is 18.3 Å². The van der Waals surface area contributed by atoms with Gasteiger partial charge in [0.1, 0.15) is 11.5 Å². The molecule has 1 amide bonds. The summed E-state index contributed by atoms with van der Waals surface area (Å²) >= 11 is 0. The van der Waals surface area contributed by atoms with Gasteiger partial charge in [-0.1, -0.05) is 18.2 Å². The molecule has 0 bridgehead atoms. The van der Waals surface area contributed by atoms with E-state index in [-0.39, 0.29) is 17.7 Å². The number of halogens is 2. The summed E-state index contributed by atoms with van der Waals surface area (Å²) < 4.78 is 34.6. The van der Waals surface area contributed by atoms with Gasteiger partial charge in [0.2, 0.25) is 0 Å². The van der Waals surface area contributed by atoms with E-state index in [4.69, 9.17) is 10.5 Å². The van der Waals surface area contributed by atoms with Crippen molar-refractivity contribution in [3.8, 4) is 22.8 Å². The number of ether oxygens (including phenoxy) is 1. The van der Waals surface area contributed by atoms with Crippen LogP contribution in [0.4, 0.5) is 8.78 Å². The maximum Gasteiger partial charge on any atom is 0.268 e. The Bertz CT molecular complexity index is 1040. The number of primary amides is 1. The number of nitrogens with two attached hydrogens (primary N) is 1. The lowest BCUT2D eigenvalue weighted by molar-refractivity contribution is -0.0431. The zero-order valence-electron chi connectivity index (χ0n) is 16.1. The van der Waals surface area contributed by atoms with Gasteiger partial charge in [-0.25, -0.2) is 8.78 Å². The van der Waals surface area contributed by atoms with Gasteiger partial charge in [0, 0.05) is 5.56 Å². The number of aromatic nitrogens is 1. The molecule has 1 aromatic heterocycles. The highest BCUT2D eigenvalue weighted by molar-refractivity contribution is 5.98.